The number of hydrogen-bond donors (Lipinski definition) is 0. The van der Waals surface area contributed by atoms with Gasteiger partial charge in [0.2, 0.25) is 0 Å². The molecule has 0 atom stereocenters. The largest absolute Gasteiger partial charge is 0.457 e. The molecule has 0 bridgehead atoms. The number of benzene rings is 2. The van der Waals surface area contributed by atoms with Crippen LogP contribution in [0, 0.1) is 0 Å². The van der Waals surface area contributed by atoms with Crippen molar-refractivity contribution in [2.24, 2.45) is 0 Å². The number of rotatable bonds is 6. The van der Waals surface area contributed by atoms with Crippen molar-refractivity contribution < 1.29 is 25.2 Å². The predicted octanol–water partition coefficient (Wildman–Crippen LogP) is 6.45. The van der Waals surface area contributed by atoms with Crippen LogP contribution in [0.5, 0.6) is 11.5 Å². The van der Waals surface area contributed by atoms with E-state index in [9.17, 15) is 0 Å². The molecule has 30 heavy (non-hydrogen) atoms. The van der Waals surface area contributed by atoms with Gasteiger partial charge in [-0.25, -0.2) is 0 Å². The molecule has 0 saturated carbocycles. The van der Waals surface area contributed by atoms with Gasteiger partial charge in [-0.15, -0.1) is 0 Å². The van der Waals surface area contributed by atoms with Gasteiger partial charge in [-0.2, -0.15) is 0 Å². The van der Waals surface area contributed by atoms with E-state index < -0.39 is 0 Å². The Bertz CT molecular complexity index is 1080. The average Bonchev–Trinajstić information content (AvgIpc) is 2.75. The summed E-state index contributed by atoms with van der Waals surface area (Å²) in [6.45, 7) is 4.44. The number of ether oxygens (including phenoxy) is 1. The van der Waals surface area contributed by atoms with Crippen molar-refractivity contribution in [1.29, 1.82) is 0 Å². The molecule has 0 amide bonds. The number of hydrogen-bond acceptors (Lipinski definition) is 3. The van der Waals surface area contributed by atoms with E-state index in [4.69, 9.17) is 4.74 Å². The summed E-state index contributed by atoms with van der Waals surface area (Å²) in [7, 11) is 0. The number of pyridine rings is 2. The first-order valence-electron chi connectivity index (χ1n) is 9.80. The van der Waals surface area contributed by atoms with E-state index in [0.29, 0.717) is 0 Å². The molecule has 4 aromatic rings. The topological polar surface area (TPSA) is 35.0 Å². The molecule has 0 saturated heterocycles. The minimum atomic E-state index is -0.0568. The van der Waals surface area contributed by atoms with E-state index in [1.807, 2.05) is 72.9 Å². The van der Waals surface area contributed by atoms with Gasteiger partial charge in [0.1, 0.15) is 11.5 Å². The van der Waals surface area contributed by atoms with Crippen LogP contribution in [0.4, 0.5) is 0 Å². The summed E-state index contributed by atoms with van der Waals surface area (Å²) in [4.78, 5) is 8.96. The molecule has 0 spiro atoms. The summed E-state index contributed by atoms with van der Waals surface area (Å²) in [5.41, 5.74) is 4.23. The molecule has 0 aliphatic heterocycles. The summed E-state index contributed by atoms with van der Waals surface area (Å²) in [6.07, 6.45) is 4.54. The molecule has 0 unspecified atom stereocenters. The molecule has 0 aliphatic rings. The third-order valence-corrected chi connectivity index (χ3v) is 4.93. The molecule has 0 N–H and O–H groups in total. The minimum Gasteiger partial charge on any atom is -0.457 e. The molecule has 154 valence electrons. The van der Waals surface area contributed by atoms with Gasteiger partial charge < -0.3 is 4.74 Å². The standard InChI is InChI=1S/C26H24N2O.Pd/c1-26(2,25-14-4-6-16-28-25)19-20-9-7-11-22(17-20)29-23-12-8-10-21(18-23)24-13-3-5-15-27-24;/h3-18H,19H2,1-2H3;. The zero-order chi connectivity index (χ0) is 20.1. The first kappa shape index (κ1) is 21.9. The second kappa shape index (κ2) is 9.80. The summed E-state index contributed by atoms with van der Waals surface area (Å²) in [6, 6.07) is 28.3. The molecular formula is C26H24N2OPd. The fourth-order valence-corrected chi connectivity index (χ4v) is 3.47. The molecular weight excluding hydrogens is 463 g/mol. The number of aromatic nitrogens is 2. The first-order chi connectivity index (χ1) is 14.1. The van der Waals surface area contributed by atoms with Gasteiger partial charge in [-0.3, -0.25) is 9.97 Å². The monoisotopic (exact) mass is 486 g/mol. The summed E-state index contributed by atoms with van der Waals surface area (Å²) in [5, 5.41) is 0. The summed E-state index contributed by atoms with van der Waals surface area (Å²) >= 11 is 0. The fourth-order valence-electron chi connectivity index (χ4n) is 3.47. The second-order valence-corrected chi connectivity index (χ2v) is 7.77. The van der Waals surface area contributed by atoms with Crippen molar-refractivity contribution in [2.45, 2.75) is 25.7 Å². The van der Waals surface area contributed by atoms with Crippen molar-refractivity contribution in [3.63, 3.8) is 0 Å². The molecule has 2 heterocycles. The average molecular weight is 487 g/mol. The Morgan fingerprint density at radius 3 is 2.13 bits per heavy atom. The third kappa shape index (κ3) is 5.42. The van der Waals surface area contributed by atoms with Crippen LogP contribution in [0.1, 0.15) is 25.1 Å². The van der Waals surface area contributed by atoms with Crippen molar-refractivity contribution in [3.8, 4) is 22.8 Å². The maximum absolute atomic E-state index is 6.16. The Hall–Kier alpha value is -2.80. The molecule has 3 nitrogen and oxygen atoms in total. The van der Waals surface area contributed by atoms with Crippen LogP contribution in [-0.4, -0.2) is 9.97 Å². The summed E-state index contributed by atoms with van der Waals surface area (Å²) < 4.78 is 6.16. The molecule has 4 rings (SSSR count). The van der Waals surface area contributed by atoms with Gasteiger partial charge >= 0.3 is 0 Å². The normalized spacial score (nSPS) is 10.9. The SMILES string of the molecule is CC(C)(Cc1cccc(Oc2cccc(-c3ccccn3)c2)c1)c1ccccn1.[Pd]. The fraction of sp³-hybridized carbons (Fsp3) is 0.154. The molecule has 0 radical (unpaired) electrons. The maximum Gasteiger partial charge on any atom is 0.128 e. The van der Waals surface area contributed by atoms with Crippen LogP contribution in [0.25, 0.3) is 11.3 Å². The Kier molecular flexibility index (Phi) is 7.16. The van der Waals surface area contributed by atoms with Gasteiger partial charge in [0.25, 0.3) is 0 Å². The van der Waals surface area contributed by atoms with Crippen LogP contribution in [0.15, 0.2) is 97.3 Å². The van der Waals surface area contributed by atoms with Gasteiger partial charge in [-0.05, 0) is 60.5 Å². The predicted molar refractivity (Wildman–Crippen MR) is 117 cm³/mol. The zero-order valence-corrected chi connectivity index (χ0v) is 18.6. The summed E-state index contributed by atoms with van der Waals surface area (Å²) in [5.74, 6) is 1.63. The van der Waals surface area contributed by atoms with E-state index in [0.717, 1.165) is 34.9 Å². The number of nitrogens with zero attached hydrogens (tertiary/aromatic N) is 2. The van der Waals surface area contributed by atoms with Crippen LogP contribution in [-0.2, 0) is 32.3 Å². The first-order valence-corrected chi connectivity index (χ1v) is 9.80. The smallest absolute Gasteiger partial charge is 0.128 e. The maximum atomic E-state index is 6.16. The minimum absolute atomic E-state index is 0. The van der Waals surface area contributed by atoms with E-state index >= 15 is 0 Å². The van der Waals surface area contributed by atoms with Gasteiger partial charge in [0.15, 0.2) is 0 Å². The Labute approximate surface area is 191 Å². The van der Waals surface area contributed by atoms with Gasteiger partial charge in [0.05, 0.1) is 5.69 Å². The second-order valence-electron chi connectivity index (χ2n) is 7.77. The van der Waals surface area contributed by atoms with Gasteiger partial charge in [-0.1, -0.05) is 50.2 Å². The van der Waals surface area contributed by atoms with Crippen molar-refractivity contribution in [1.82, 2.24) is 9.97 Å². The van der Waals surface area contributed by atoms with Crippen LogP contribution in [0.3, 0.4) is 0 Å². The quantitative estimate of drug-likeness (QED) is 0.294. The Morgan fingerprint density at radius 1 is 0.733 bits per heavy atom. The van der Waals surface area contributed by atoms with Crippen molar-refractivity contribution >= 4 is 0 Å². The van der Waals surface area contributed by atoms with Crippen LogP contribution in [0.2, 0.25) is 0 Å². The Balaban J connectivity index is 0.00000256. The zero-order valence-electron chi connectivity index (χ0n) is 17.1. The van der Waals surface area contributed by atoms with E-state index in [1.165, 1.54) is 5.56 Å². The van der Waals surface area contributed by atoms with E-state index in [-0.39, 0.29) is 25.8 Å². The van der Waals surface area contributed by atoms with Crippen LogP contribution < -0.4 is 4.74 Å². The third-order valence-electron chi connectivity index (χ3n) is 4.93. The molecule has 2 aromatic carbocycles. The van der Waals surface area contributed by atoms with Crippen molar-refractivity contribution in [3.05, 3.63) is 109 Å². The van der Waals surface area contributed by atoms with E-state index in [2.05, 4.69) is 42.0 Å². The molecule has 4 heteroatoms. The Morgan fingerprint density at radius 2 is 1.43 bits per heavy atom. The molecule has 0 aliphatic carbocycles. The van der Waals surface area contributed by atoms with E-state index in [1.54, 1.807) is 6.20 Å². The molecule has 0 fully saturated rings. The van der Waals surface area contributed by atoms with Gasteiger partial charge in [0, 0.05) is 49.5 Å². The molecule has 2 aromatic heterocycles. The van der Waals surface area contributed by atoms with Crippen LogP contribution >= 0.6 is 0 Å². The van der Waals surface area contributed by atoms with Crippen molar-refractivity contribution in [2.75, 3.05) is 0 Å².